The van der Waals surface area contributed by atoms with Crippen molar-refractivity contribution in [2.45, 2.75) is 6.92 Å². The summed E-state index contributed by atoms with van der Waals surface area (Å²) in [5.74, 6) is 1.05. The van der Waals surface area contributed by atoms with E-state index in [9.17, 15) is 4.79 Å². The number of anilines is 1. The smallest absolute Gasteiger partial charge is 0.336 e. The minimum absolute atomic E-state index is 0.0748. The Labute approximate surface area is 198 Å². The summed E-state index contributed by atoms with van der Waals surface area (Å²) in [6.45, 7) is 2.75. The molecule has 174 valence electrons. The highest BCUT2D eigenvalue weighted by molar-refractivity contribution is 5.91. The molecule has 4 aromatic rings. The fourth-order valence-corrected chi connectivity index (χ4v) is 3.19. The lowest BCUT2D eigenvalue weighted by Crippen LogP contribution is -2.20. The lowest BCUT2D eigenvalue weighted by Gasteiger charge is -2.09. The molecule has 3 aromatic carbocycles. The SMILES string of the molecule is COCCOc1nc(-c2ccc(C)cc2)n(-c2ccc(NC(=O)COc3ccccc3)cc2)n1. The number of amides is 1. The maximum atomic E-state index is 12.2. The van der Waals surface area contributed by atoms with E-state index in [1.54, 1.807) is 23.9 Å². The van der Waals surface area contributed by atoms with Gasteiger partial charge in [0.05, 0.1) is 12.3 Å². The molecule has 0 aliphatic carbocycles. The Kier molecular flexibility index (Phi) is 7.52. The van der Waals surface area contributed by atoms with Crippen molar-refractivity contribution >= 4 is 11.6 Å². The Hall–Kier alpha value is -4.17. The summed E-state index contributed by atoms with van der Waals surface area (Å²) >= 11 is 0. The Morgan fingerprint density at radius 3 is 2.35 bits per heavy atom. The molecule has 0 bridgehead atoms. The van der Waals surface area contributed by atoms with Crippen LogP contribution in [-0.2, 0) is 9.53 Å². The average molecular weight is 459 g/mol. The summed E-state index contributed by atoms with van der Waals surface area (Å²) < 4.78 is 17.9. The number of rotatable bonds is 10. The number of aromatic nitrogens is 3. The largest absolute Gasteiger partial charge is 0.484 e. The molecule has 8 heteroatoms. The van der Waals surface area contributed by atoms with Gasteiger partial charge in [0.2, 0.25) is 0 Å². The molecule has 8 nitrogen and oxygen atoms in total. The molecule has 0 unspecified atom stereocenters. The number of methoxy groups -OCH3 is 1. The predicted molar refractivity (Wildman–Crippen MR) is 129 cm³/mol. The van der Waals surface area contributed by atoms with Crippen LogP contribution in [0.5, 0.6) is 11.8 Å². The number of para-hydroxylation sites is 1. The second kappa shape index (κ2) is 11.1. The van der Waals surface area contributed by atoms with Crippen molar-refractivity contribution in [2.24, 2.45) is 0 Å². The zero-order chi connectivity index (χ0) is 23.8. The number of ether oxygens (including phenoxy) is 3. The van der Waals surface area contributed by atoms with E-state index < -0.39 is 0 Å². The van der Waals surface area contributed by atoms with Gasteiger partial charge in [-0.25, -0.2) is 4.68 Å². The molecule has 1 amide bonds. The van der Waals surface area contributed by atoms with Crippen LogP contribution in [0.25, 0.3) is 17.1 Å². The highest BCUT2D eigenvalue weighted by atomic mass is 16.5. The van der Waals surface area contributed by atoms with E-state index in [4.69, 9.17) is 14.2 Å². The first-order valence-electron chi connectivity index (χ1n) is 10.9. The molecule has 1 aromatic heterocycles. The summed E-state index contributed by atoms with van der Waals surface area (Å²) in [6, 6.07) is 24.9. The van der Waals surface area contributed by atoms with Gasteiger partial charge < -0.3 is 19.5 Å². The molecule has 34 heavy (non-hydrogen) atoms. The van der Waals surface area contributed by atoms with E-state index in [0.717, 1.165) is 16.8 Å². The van der Waals surface area contributed by atoms with E-state index in [0.29, 0.717) is 30.5 Å². The molecule has 0 atom stereocenters. The molecule has 0 saturated carbocycles. The zero-order valence-corrected chi connectivity index (χ0v) is 19.1. The number of carbonyl (C=O) groups is 1. The van der Waals surface area contributed by atoms with Crippen molar-refractivity contribution in [3.05, 3.63) is 84.4 Å². The van der Waals surface area contributed by atoms with Crippen LogP contribution in [0.2, 0.25) is 0 Å². The number of hydrogen-bond acceptors (Lipinski definition) is 6. The molecule has 4 rings (SSSR count). The fraction of sp³-hybridized carbons (Fsp3) is 0.192. The minimum Gasteiger partial charge on any atom is -0.484 e. The molecule has 0 aliphatic rings. The highest BCUT2D eigenvalue weighted by Gasteiger charge is 2.15. The second-order valence-corrected chi connectivity index (χ2v) is 7.53. The van der Waals surface area contributed by atoms with Gasteiger partial charge in [0.15, 0.2) is 12.4 Å². The van der Waals surface area contributed by atoms with Crippen molar-refractivity contribution in [3.63, 3.8) is 0 Å². The molecular formula is C26H26N4O4. The van der Waals surface area contributed by atoms with Gasteiger partial charge in [-0.2, -0.15) is 4.98 Å². The summed E-state index contributed by atoms with van der Waals surface area (Å²) in [6.07, 6.45) is 0. The summed E-state index contributed by atoms with van der Waals surface area (Å²) in [5, 5.41) is 7.36. The average Bonchev–Trinajstić information content (AvgIpc) is 3.29. The third-order valence-electron chi connectivity index (χ3n) is 4.92. The van der Waals surface area contributed by atoms with Crippen LogP contribution in [0.4, 0.5) is 5.69 Å². The number of carbonyl (C=O) groups excluding carboxylic acids is 1. The van der Waals surface area contributed by atoms with Gasteiger partial charge in [-0.05, 0) is 43.3 Å². The van der Waals surface area contributed by atoms with Gasteiger partial charge in [-0.3, -0.25) is 4.79 Å². The fourth-order valence-electron chi connectivity index (χ4n) is 3.19. The number of benzene rings is 3. The van der Waals surface area contributed by atoms with Crippen LogP contribution < -0.4 is 14.8 Å². The van der Waals surface area contributed by atoms with E-state index >= 15 is 0 Å². The zero-order valence-electron chi connectivity index (χ0n) is 19.1. The standard InChI is InChI=1S/C26H26N4O4/c1-19-8-10-20(11-9-19)25-28-26(33-17-16-32-2)29-30(25)22-14-12-21(13-15-22)27-24(31)18-34-23-6-4-3-5-7-23/h3-15H,16-18H2,1-2H3,(H,27,31). The van der Waals surface area contributed by atoms with Gasteiger partial charge in [-0.1, -0.05) is 48.0 Å². The third kappa shape index (κ3) is 5.99. The van der Waals surface area contributed by atoms with E-state index in [1.165, 1.54) is 0 Å². The molecular weight excluding hydrogens is 432 g/mol. The van der Waals surface area contributed by atoms with E-state index in [2.05, 4.69) is 15.4 Å². The van der Waals surface area contributed by atoms with E-state index in [1.807, 2.05) is 73.7 Å². The van der Waals surface area contributed by atoms with Gasteiger partial charge in [-0.15, -0.1) is 5.10 Å². The van der Waals surface area contributed by atoms with Crippen LogP contribution in [0, 0.1) is 6.92 Å². The lowest BCUT2D eigenvalue weighted by atomic mass is 10.1. The van der Waals surface area contributed by atoms with Crippen molar-refractivity contribution < 1.29 is 19.0 Å². The first-order chi connectivity index (χ1) is 16.6. The van der Waals surface area contributed by atoms with Crippen molar-refractivity contribution in [2.75, 3.05) is 32.2 Å². The molecule has 0 radical (unpaired) electrons. The van der Waals surface area contributed by atoms with Crippen LogP contribution in [0.15, 0.2) is 78.9 Å². The topological polar surface area (TPSA) is 87.5 Å². The summed E-state index contributed by atoms with van der Waals surface area (Å²) in [4.78, 5) is 16.8. The monoisotopic (exact) mass is 458 g/mol. The molecule has 0 spiro atoms. The second-order valence-electron chi connectivity index (χ2n) is 7.53. The molecule has 1 N–H and O–H groups in total. The van der Waals surface area contributed by atoms with E-state index in [-0.39, 0.29) is 18.5 Å². The van der Waals surface area contributed by atoms with Crippen LogP contribution in [0.1, 0.15) is 5.56 Å². The van der Waals surface area contributed by atoms with Crippen LogP contribution in [0.3, 0.4) is 0 Å². The Bertz CT molecular complexity index is 1210. The maximum absolute atomic E-state index is 12.2. The summed E-state index contributed by atoms with van der Waals surface area (Å²) in [5.41, 5.74) is 3.50. The number of hydrogen-bond donors (Lipinski definition) is 1. The summed E-state index contributed by atoms with van der Waals surface area (Å²) in [7, 11) is 1.61. The Morgan fingerprint density at radius 2 is 1.65 bits per heavy atom. The van der Waals surface area contributed by atoms with Gasteiger partial charge in [0.1, 0.15) is 12.4 Å². The van der Waals surface area contributed by atoms with Crippen LogP contribution in [-0.4, -0.2) is 47.6 Å². The normalized spacial score (nSPS) is 10.6. The lowest BCUT2D eigenvalue weighted by molar-refractivity contribution is -0.118. The molecule has 0 saturated heterocycles. The Balaban J connectivity index is 1.49. The first-order valence-corrected chi connectivity index (χ1v) is 10.9. The maximum Gasteiger partial charge on any atom is 0.336 e. The van der Waals surface area contributed by atoms with Crippen LogP contribution >= 0.6 is 0 Å². The highest BCUT2D eigenvalue weighted by Crippen LogP contribution is 2.25. The molecule has 0 aliphatic heterocycles. The third-order valence-corrected chi connectivity index (χ3v) is 4.92. The van der Waals surface area contributed by atoms with Crippen molar-refractivity contribution in [1.29, 1.82) is 0 Å². The van der Waals surface area contributed by atoms with Gasteiger partial charge in [0.25, 0.3) is 5.91 Å². The van der Waals surface area contributed by atoms with Crippen molar-refractivity contribution in [3.8, 4) is 28.8 Å². The van der Waals surface area contributed by atoms with Gasteiger partial charge >= 0.3 is 6.01 Å². The quantitative estimate of drug-likeness (QED) is 0.357. The number of aryl methyl sites for hydroxylation is 1. The molecule has 1 heterocycles. The predicted octanol–water partition coefficient (Wildman–Crippen LogP) is 4.29. The first kappa shape index (κ1) is 23.0. The Morgan fingerprint density at radius 1 is 0.912 bits per heavy atom. The number of nitrogens with one attached hydrogen (secondary N) is 1. The minimum atomic E-state index is -0.244. The van der Waals surface area contributed by atoms with Crippen molar-refractivity contribution in [1.82, 2.24) is 14.8 Å². The number of nitrogens with zero attached hydrogens (tertiary/aromatic N) is 3. The van der Waals surface area contributed by atoms with Gasteiger partial charge in [0, 0.05) is 18.4 Å². The molecule has 0 fully saturated rings.